The summed E-state index contributed by atoms with van der Waals surface area (Å²) in [4.78, 5) is 0. The molecule has 0 unspecified atom stereocenters. The molecule has 18 heavy (non-hydrogen) atoms. The van der Waals surface area contributed by atoms with E-state index in [1.807, 2.05) is 0 Å². The predicted molar refractivity (Wildman–Crippen MR) is 67.2 cm³/mol. The van der Waals surface area contributed by atoms with E-state index in [9.17, 15) is 17.2 Å². The van der Waals surface area contributed by atoms with E-state index >= 15 is 0 Å². The first kappa shape index (κ1) is 15.0. The van der Waals surface area contributed by atoms with Gasteiger partial charge in [0.05, 0.1) is 5.75 Å². The van der Waals surface area contributed by atoms with Gasteiger partial charge in [0.1, 0.15) is 21.5 Å². The van der Waals surface area contributed by atoms with E-state index in [1.165, 1.54) is 18.4 Å². The van der Waals surface area contributed by atoms with Gasteiger partial charge in [0, 0.05) is 18.4 Å². The van der Waals surface area contributed by atoms with Gasteiger partial charge in [-0.3, -0.25) is 0 Å². The molecule has 1 N–H and O–H groups in total. The summed E-state index contributed by atoms with van der Waals surface area (Å²) in [6, 6.07) is 3.25. The van der Waals surface area contributed by atoms with E-state index in [1.54, 1.807) is 6.92 Å². The minimum Gasteiger partial charge on any atom is -0.313 e. The lowest BCUT2D eigenvalue weighted by Gasteiger charge is -2.12. The molecule has 0 aromatic heterocycles. The van der Waals surface area contributed by atoms with E-state index in [0.717, 1.165) is 6.07 Å². The van der Waals surface area contributed by atoms with Gasteiger partial charge in [-0.2, -0.15) is 0 Å². The zero-order valence-corrected chi connectivity index (χ0v) is 11.2. The van der Waals surface area contributed by atoms with Gasteiger partial charge in [-0.1, -0.05) is 6.07 Å². The Balaban J connectivity index is 2.42. The number of nitrogens with one attached hydrogen (secondary N) is 1. The van der Waals surface area contributed by atoms with Crippen LogP contribution in [0.1, 0.15) is 12.5 Å². The Hall–Kier alpha value is -1.01. The molecule has 0 spiro atoms. The summed E-state index contributed by atoms with van der Waals surface area (Å²) in [5, 5.41) is 2.99. The fourth-order valence-electron chi connectivity index (χ4n) is 1.69. The maximum atomic E-state index is 13.3. The van der Waals surface area contributed by atoms with Crippen molar-refractivity contribution in [1.82, 2.24) is 5.32 Å². The molecule has 0 aliphatic rings. The van der Waals surface area contributed by atoms with E-state index in [-0.39, 0.29) is 11.8 Å². The average molecular weight is 277 g/mol. The van der Waals surface area contributed by atoms with Crippen LogP contribution in [0.5, 0.6) is 0 Å². The summed E-state index contributed by atoms with van der Waals surface area (Å²) in [7, 11) is -3.02. The Labute approximate surface area is 106 Å². The third-order valence-corrected chi connectivity index (χ3v) is 3.56. The Kier molecular flexibility index (Phi) is 5.22. The van der Waals surface area contributed by atoms with Crippen molar-refractivity contribution in [2.45, 2.75) is 19.4 Å². The van der Waals surface area contributed by atoms with Gasteiger partial charge >= 0.3 is 0 Å². The first-order chi connectivity index (χ1) is 8.28. The average Bonchev–Trinajstić information content (AvgIpc) is 2.18. The third-order valence-electron chi connectivity index (χ3n) is 2.45. The molecule has 1 atom stereocenters. The van der Waals surface area contributed by atoms with Gasteiger partial charge in [0.15, 0.2) is 0 Å². The fourth-order valence-corrected chi connectivity index (χ4v) is 2.72. The molecule has 0 radical (unpaired) electrons. The molecule has 1 aromatic rings. The molecule has 102 valence electrons. The predicted octanol–water partition coefficient (Wildman–Crippen LogP) is 1.53. The lowest BCUT2D eigenvalue weighted by molar-refractivity contribution is 0.545. The lowest BCUT2D eigenvalue weighted by Crippen LogP contribution is -2.34. The van der Waals surface area contributed by atoms with E-state index in [0.29, 0.717) is 18.5 Å². The van der Waals surface area contributed by atoms with Crippen molar-refractivity contribution in [3.05, 3.63) is 35.4 Å². The Morgan fingerprint density at radius 2 is 2.00 bits per heavy atom. The second kappa shape index (κ2) is 6.24. The van der Waals surface area contributed by atoms with Crippen LogP contribution >= 0.6 is 0 Å². The number of hydrogen-bond acceptors (Lipinski definition) is 3. The molecule has 0 saturated heterocycles. The lowest BCUT2D eigenvalue weighted by atomic mass is 10.1. The van der Waals surface area contributed by atoms with Gasteiger partial charge in [0.25, 0.3) is 0 Å². The molecular weight excluding hydrogens is 260 g/mol. The summed E-state index contributed by atoms with van der Waals surface area (Å²) < 4.78 is 48.0. The normalized spacial score (nSPS) is 13.6. The SMILES string of the molecule is C[C@@H](CS(C)(=O)=O)NCCc1ccc(F)cc1F. The zero-order chi connectivity index (χ0) is 13.8. The van der Waals surface area contributed by atoms with Crippen molar-refractivity contribution in [2.75, 3.05) is 18.6 Å². The molecule has 0 aliphatic carbocycles. The number of sulfone groups is 1. The molecule has 1 rings (SSSR count). The van der Waals surface area contributed by atoms with Crippen molar-refractivity contribution in [3.63, 3.8) is 0 Å². The van der Waals surface area contributed by atoms with Crippen LogP contribution in [0, 0.1) is 11.6 Å². The first-order valence-electron chi connectivity index (χ1n) is 5.63. The van der Waals surface area contributed by atoms with Crippen LogP contribution < -0.4 is 5.32 Å². The minimum absolute atomic E-state index is 0.0406. The third kappa shape index (κ3) is 5.55. The van der Waals surface area contributed by atoms with Crippen LogP contribution in [0.15, 0.2) is 18.2 Å². The van der Waals surface area contributed by atoms with Crippen molar-refractivity contribution >= 4 is 9.84 Å². The molecule has 3 nitrogen and oxygen atoms in total. The monoisotopic (exact) mass is 277 g/mol. The topological polar surface area (TPSA) is 46.2 Å². The molecule has 1 aromatic carbocycles. The molecule has 0 heterocycles. The van der Waals surface area contributed by atoms with E-state index in [2.05, 4.69) is 5.32 Å². The molecule has 0 fully saturated rings. The maximum Gasteiger partial charge on any atom is 0.148 e. The van der Waals surface area contributed by atoms with Crippen LogP contribution in [0.4, 0.5) is 8.78 Å². The zero-order valence-electron chi connectivity index (χ0n) is 10.4. The highest BCUT2D eigenvalue weighted by atomic mass is 32.2. The highest BCUT2D eigenvalue weighted by molar-refractivity contribution is 7.90. The quantitative estimate of drug-likeness (QED) is 0.857. The number of halogens is 2. The standard InChI is InChI=1S/C12H17F2NO2S/c1-9(8-18(2,16)17)15-6-5-10-3-4-11(13)7-12(10)14/h3-4,7,9,15H,5-6,8H2,1-2H3/t9-/m0/s1. The number of hydrogen-bond donors (Lipinski definition) is 1. The summed E-state index contributed by atoms with van der Waals surface area (Å²) in [6.07, 6.45) is 1.56. The van der Waals surface area contributed by atoms with Gasteiger partial charge in [0.2, 0.25) is 0 Å². The highest BCUT2D eigenvalue weighted by Crippen LogP contribution is 2.09. The smallest absolute Gasteiger partial charge is 0.148 e. The van der Waals surface area contributed by atoms with Crippen LogP contribution in [0.3, 0.4) is 0 Å². The summed E-state index contributed by atoms with van der Waals surface area (Å²) in [5.74, 6) is -1.14. The second-order valence-corrected chi connectivity index (χ2v) is 6.62. The highest BCUT2D eigenvalue weighted by Gasteiger charge is 2.10. The Morgan fingerprint density at radius 1 is 1.33 bits per heavy atom. The molecule has 0 saturated carbocycles. The van der Waals surface area contributed by atoms with Crippen molar-refractivity contribution in [2.24, 2.45) is 0 Å². The summed E-state index contributed by atoms with van der Waals surface area (Å²) >= 11 is 0. The summed E-state index contributed by atoms with van der Waals surface area (Å²) in [5.41, 5.74) is 0.412. The molecule has 6 heteroatoms. The van der Waals surface area contributed by atoms with Gasteiger partial charge in [-0.05, 0) is 31.5 Å². The van der Waals surface area contributed by atoms with Crippen molar-refractivity contribution < 1.29 is 17.2 Å². The van der Waals surface area contributed by atoms with Crippen LogP contribution in [-0.2, 0) is 16.3 Å². The van der Waals surface area contributed by atoms with E-state index < -0.39 is 21.5 Å². The first-order valence-corrected chi connectivity index (χ1v) is 7.69. The van der Waals surface area contributed by atoms with Gasteiger partial charge < -0.3 is 5.32 Å². The van der Waals surface area contributed by atoms with Gasteiger partial charge in [-0.25, -0.2) is 17.2 Å². The van der Waals surface area contributed by atoms with Crippen LogP contribution in [0.25, 0.3) is 0 Å². The fraction of sp³-hybridized carbons (Fsp3) is 0.500. The van der Waals surface area contributed by atoms with Gasteiger partial charge in [-0.15, -0.1) is 0 Å². The number of benzene rings is 1. The Morgan fingerprint density at radius 3 is 2.56 bits per heavy atom. The molecule has 0 bridgehead atoms. The molecule has 0 amide bonds. The second-order valence-electron chi connectivity index (χ2n) is 4.43. The van der Waals surface area contributed by atoms with Crippen LogP contribution in [-0.4, -0.2) is 33.0 Å². The maximum absolute atomic E-state index is 13.3. The molecule has 0 aliphatic heterocycles. The van der Waals surface area contributed by atoms with Crippen molar-refractivity contribution in [3.8, 4) is 0 Å². The Bertz CT molecular complexity index is 503. The molecular formula is C12H17F2NO2S. The minimum atomic E-state index is -3.02. The summed E-state index contributed by atoms with van der Waals surface area (Å²) in [6.45, 7) is 2.20. The van der Waals surface area contributed by atoms with Crippen molar-refractivity contribution in [1.29, 1.82) is 0 Å². The van der Waals surface area contributed by atoms with E-state index in [4.69, 9.17) is 0 Å². The number of rotatable bonds is 6. The largest absolute Gasteiger partial charge is 0.313 e. The van der Waals surface area contributed by atoms with Crippen LogP contribution in [0.2, 0.25) is 0 Å².